The number of fused-ring (bicyclic) bond motifs is 1. The molecule has 0 unspecified atom stereocenters. The minimum absolute atomic E-state index is 0.786. The summed E-state index contributed by atoms with van der Waals surface area (Å²) < 4.78 is 0. The lowest BCUT2D eigenvalue weighted by Gasteiger charge is -1.99. The molecule has 0 aliphatic rings. The predicted molar refractivity (Wildman–Crippen MR) is 65.0 cm³/mol. The van der Waals surface area contributed by atoms with Gasteiger partial charge in [0.05, 0.1) is 0 Å². The maximum atomic E-state index is 10.1. The van der Waals surface area contributed by atoms with Gasteiger partial charge in [-0.15, -0.1) is 0 Å². The number of rotatable bonds is 3. The molecule has 0 N–H and O–H groups in total. The SMILES string of the molecule is O=C/C=C/Sc1ccc2ccccc2c1. The third kappa shape index (κ3) is 2.48. The molecule has 74 valence electrons. The van der Waals surface area contributed by atoms with Gasteiger partial charge in [0, 0.05) is 4.90 Å². The molecule has 1 nitrogen and oxygen atoms in total. The van der Waals surface area contributed by atoms with Gasteiger partial charge in [0.1, 0.15) is 6.29 Å². The molecule has 0 aliphatic carbocycles. The molecule has 0 fully saturated rings. The van der Waals surface area contributed by atoms with E-state index in [2.05, 4.69) is 30.3 Å². The lowest BCUT2D eigenvalue weighted by Crippen LogP contribution is -1.73. The van der Waals surface area contributed by atoms with Crippen molar-refractivity contribution in [3.63, 3.8) is 0 Å². The van der Waals surface area contributed by atoms with E-state index in [1.54, 1.807) is 17.2 Å². The van der Waals surface area contributed by atoms with Gasteiger partial charge in [-0.25, -0.2) is 0 Å². The molecule has 2 aromatic rings. The van der Waals surface area contributed by atoms with E-state index < -0.39 is 0 Å². The summed E-state index contributed by atoms with van der Waals surface area (Å²) in [5.74, 6) is 0. The van der Waals surface area contributed by atoms with E-state index in [-0.39, 0.29) is 0 Å². The molecule has 0 radical (unpaired) electrons. The van der Waals surface area contributed by atoms with Crippen molar-refractivity contribution in [1.82, 2.24) is 0 Å². The number of allylic oxidation sites excluding steroid dienone is 1. The highest BCUT2D eigenvalue weighted by atomic mass is 32.2. The first-order valence-electron chi connectivity index (χ1n) is 4.66. The highest BCUT2D eigenvalue weighted by Gasteiger charge is 1.94. The highest BCUT2D eigenvalue weighted by molar-refractivity contribution is 8.02. The van der Waals surface area contributed by atoms with Crippen LogP contribution in [0.5, 0.6) is 0 Å². The molecule has 2 rings (SSSR count). The molecule has 15 heavy (non-hydrogen) atoms. The topological polar surface area (TPSA) is 17.1 Å². The maximum absolute atomic E-state index is 10.1. The van der Waals surface area contributed by atoms with Crippen LogP contribution < -0.4 is 0 Å². The van der Waals surface area contributed by atoms with Crippen molar-refractivity contribution in [3.05, 3.63) is 53.9 Å². The number of aldehydes is 1. The van der Waals surface area contributed by atoms with Gasteiger partial charge in [0.25, 0.3) is 0 Å². The average Bonchev–Trinajstić information content (AvgIpc) is 2.29. The van der Waals surface area contributed by atoms with Gasteiger partial charge < -0.3 is 0 Å². The van der Waals surface area contributed by atoms with Crippen LogP contribution in [0.4, 0.5) is 0 Å². The fourth-order valence-electron chi connectivity index (χ4n) is 1.39. The Balaban J connectivity index is 2.30. The molecule has 2 aromatic carbocycles. The number of carbonyl (C=O) groups is 1. The van der Waals surface area contributed by atoms with Crippen LogP contribution >= 0.6 is 11.8 Å². The number of thioether (sulfide) groups is 1. The zero-order chi connectivity index (χ0) is 10.5. The standard InChI is InChI=1S/C13H10OS/c14-8-3-9-15-13-7-6-11-4-1-2-5-12(11)10-13/h1-10H/b9-3+. The highest BCUT2D eigenvalue weighted by Crippen LogP contribution is 2.23. The second-order valence-electron chi connectivity index (χ2n) is 3.09. The number of benzene rings is 2. The lowest BCUT2D eigenvalue weighted by molar-refractivity contribution is -0.104. The number of carbonyl (C=O) groups excluding carboxylic acids is 1. The summed E-state index contributed by atoms with van der Waals surface area (Å²) in [4.78, 5) is 11.3. The van der Waals surface area contributed by atoms with Gasteiger partial charge in [-0.3, -0.25) is 4.79 Å². The minimum Gasteiger partial charge on any atom is -0.299 e. The molecule has 0 amide bonds. The van der Waals surface area contributed by atoms with Crippen LogP contribution in [0.3, 0.4) is 0 Å². The van der Waals surface area contributed by atoms with Crippen molar-refractivity contribution in [2.45, 2.75) is 4.90 Å². The summed E-state index contributed by atoms with van der Waals surface area (Å²) in [6.45, 7) is 0. The fraction of sp³-hybridized carbons (Fsp3) is 0. The van der Waals surface area contributed by atoms with Crippen molar-refractivity contribution in [3.8, 4) is 0 Å². The molecule has 0 aliphatic heterocycles. The van der Waals surface area contributed by atoms with Gasteiger partial charge in [-0.1, -0.05) is 42.1 Å². The first-order chi connectivity index (χ1) is 7.40. The summed E-state index contributed by atoms with van der Waals surface area (Å²) in [5.41, 5.74) is 0. The smallest absolute Gasteiger partial charge is 0.143 e. The van der Waals surface area contributed by atoms with Crippen molar-refractivity contribution >= 4 is 28.8 Å². The largest absolute Gasteiger partial charge is 0.299 e. The summed E-state index contributed by atoms with van der Waals surface area (Å²) in [6, 6.07) is 14.5. The molecular formula is C13H10OS. The van der Waals surface area contributed by atoms with Crippen LogP contribution in [0.25, 0.3) is 10.8 Å². The average molecular weight is 214 g/mol. The summed E-state index contributed by atoms with van der Waals surface area (Å²) >= 11 is 1.55. The van der Waals surface area contributed by atoms with E-state index in [1.165, 1.54) is 16.8 Å². The van der Waals surface area contributed by atoms with Crippen LogP contribution in [0.2, 0.25) is 0 Å². The Kier molecular flexibility index (Phi) is 3.20. The predicted octanol–water partition coefficient (Wildman–Crippen LogP) is 3.64. The maximum Gasteiger partial charge on any atom is 0.143 e. The molecule has 0 bridgehead atoms. The molecular weight excluding hydrogens is 204 g/mol. The summed E-state index contributed by atoms with van der Waals surface area (Å²) in [7, 11) is 0. The van der Waals surface area contributed by atoms with Crippen molar-refractivity contribution in [2.75, 3.05) is 0 Å². The monoisotopic (exact) mass is 214 g/mol. The Hall–Kier alpha value is -1.54. The zero-order valence-electron chi connectivity index (χ0n) is 8.09. The molecule has 0 saturated heterocycles. The minimum atomic E-state index is 0.786. The van der Waals surface area contributed by atoms with Gasteiger partial charge in [-0.2, -0.15) is 0 Å². The van der Waals surface area contributed by atoms with Crippen LogP contribution in [-0.4, -0.2) is 6.29 Å². The molecule has 0 heterocycles. The van der Waals surface area contributed by atoms with E-state index in [1.807, 2.05) is 12.1 Å². The first-order valence-corrected chi connectivity index (χ1v) is 5.54. The second-order valence-corrected chi connectivity index (χ2v) is 4.07. The van der Waals surface area contributed by atoms with Crippen molar-refractivity contribution in [1.29, 1.82) is 0 Å². The van der Waals surface area contributed by atoms with Gasteiger partial charge in [-0.05, 0) is 34.4 Å². The van der Waals surface area contributed by atoms with E-state index >= 15 is 0 Å². The van der Waals surface area contributed by atoms with Crippen LogP contribution in [-0.2, 0) is 4.79 Å². The third-order valence-corrected chi connectivity index (χ3v) is 2.90. The van der Waals surface area contributed by atoms with Crippen LogP contribution in [0, 0.1) is 0 Å². The molecule has 0 saturated carbocycles. The summed E-state index contributed by atoms with van der Waals surface area (Å²) in [5, 5.41) is 4.25. The first kappa shape index (κ1) is 9.99. The Morgan fingerprint density at radius 2 is 1.80 bits per heavy atom. The molecule has 0 spiro atoms. The normalized spacial score (nSPS) is 10.9. The quantitative estimate of drug-likeness (QED) is 0.441. The van der Waals surface area contributed by atoms with Crippen molar-refractivity contribution in [2.24, 2.45) is 0 Å². The van der Waals surface area contributed by atoms with E-state index in [0.29, 0.717) is 0 Å². The third-order valence-electron chi connectivity index (χ3n) is 2.08. The lowest BCUT2D eigenvalue weighted by atomic mass is 10.1. The Labute approximate surface area is 92.8 Å². The van der Waals surface area contributed by atoms with Gasteiger partial charge in [0.2, 0.25) is 0 Å². The number of hydrogen-bond donors (Lipinski definition) is 0. The Morgan fingerprint density at radius 3 is 2.60 bits per heavy atom. The van der Waals surface area contributed by atoms with E-state index in [0.717, 1.165) is 11.2 Å². The van der Waals surface area contributed by atoms with Gasteiger partial charge in [0.15, 0.2) is 0 Å². The van der Waals surface area contributed by atoms with E-state index in [4.69, 9.17) is 0 Å². The molecule has 0 atom stereocenters. The summed E-state index contributed by atoms with van der Waals surface area (Å²) in [6.07, 6.45) is 2.29. The Morgan fingerprint density at radius 1 is 1.00 bits per heavy atom. The zero-order valence-corrected chi connectivity index (χ0v) is 8.91. The van der Waals surface area contributed by atoms with Crippen LogP contribution in [0.1, 0.15) is 0 Å². The van der Waals surface area contributed by atoms with E-state index in [9.17, 15) is 4.79 Å². The fourth-order valence-corrected chi connectivity index (χ4v) is 2.03. The number of hydrogen-bond acceptors (Lipinski definition) is 2. The van der Waals surface area contributed by atoms with Crippen LogP contribution in [0.15, 0.2) is 58.8 Å². The molecule has 0 aromatic heterocycles. The molecule has 2 heteroatoms. The Bertz CT molecular complexity index is 503. The van der Waals surface area contributed by atoms with Crippen molar-refractivity contribution < 1.29 is 4.79 Å². The second kappa shape index (κ2) is 4.80. The van der Waals surface area contributed by atoms with Gasteiger partial charge >= 0.3 is 0 Å².